The largest absolute Gasteiger partial charge is 0.379 e. The van der Waals surface area contributed by atoms with Crippen LogP contribution in [0.1, 0.15) is 42.7 Å². The molecular formula is C16H21ClN2O. The summed E-state index contributed by atoms with van der Waals surface area (Å²) in [6.07, 6.45) is 2.54. The van der Waals surface area contributed by atoms with Crippen LogP contribution in [0.4, 0.5) is 0 Å². The predicted octanol–water partition coefficient (Wildman–Crippen LogP) is 3.82. The van der Waals surface area contributed by atoms with E-state index in [4.69, 9.17) is 11.6 Å². The average Bonchev–Trinajstić information content (AvgIpc) is 2.75. The van der Waals surface area contributed by atoms with Gasteiger partial charge in [0.15, 0.2) is 0 Å². The summed E-state index contributed by atoms with van der Waals surface area (Å²) < 4.78 is 1.79. The smallest absolute Gasteiger partial charge is 0.130 e. The Balaban J connectivity index is 2.53. The van der Waals surface area contributed by atoms with E-state index in [-0.39, 0.29) is 0 Å². The lowest BCUT2D eigenvalue weighted by Gasteiger charge is -2.26. The number of aryl methyl sites for hydroxylation is 3. The zero-order valence-electron chi connectivity index (χ0n) is 12.4. The Morgan fingerprint density at radius 1 is 1.30 bits per heavy atom. The van der Waals surface area contributed by atoms with Crippen molar-refractivity contribution in [1.29, 1.82) is 0 Å². The summed E-state index contributed by atoms with van der Waals surface area (Å²) in [5.74, 6) is 0. The Bertz CT molecular complexity index is 617. The van der Waals surface area contributed by atoms with Gasteiger partial charge in [-0.25, -0.2) is 0 Å². The third-order valence-electron chi connectivity index (χ3n) is 3.76. The summed E-state index contributed by atoms with van der Waals surface area (Å²) in [6.45, 7) is 8.68. The lowest BCUT2D eigenvalue weighted by Crippen LogP contribution is -2.27. The molecule has 0 amide bonds. The van der Waals surface area contributed by atoms with Crippen molar-refractivity contribution in [3.63, 3.8) is 0 Å². The molecule has 0 aliphatic rings. The maximum atomic E-state index is 11.0. The molecule has 1 aromatic heterocycles. The number of aromatic nitrogens is 2. The van der Waals surface area contributed by atoms with E-state index in [2.05, 4.69) is 18.9 Å². The first-order chi connectivity index (χ1) is 9.37. The fraction of sp³-hybridized carbons (Fsp3) is 0.438. The summed E-state index contributed by atoms with van der Waals surface area (Å²) >= 11 is 6.24. The van der Waals surface area contributed by atoms with Gasteiger partial charge in [0.25, 0.3) is 0 Å². The minimum absolute atomic E-state index is 0.502. The van der Waals surface area contributed by atoms with Crippen molar-refractivity contribution in [2.75, 3.05) is 0 Å². The second-order valence-electron chi connectivity index (χ2n) is 5.44. The van der Waals surface area contributed by atoms with Crippen molar-refractivity contribution < 1.29 is 5.11 Å². The Morgan fingerprint density at radius 2 is 2.00 bits per heavy atom. The first-order valence-electron chi connectivity index (χ1n) is 6.89. The molecule has 1 unspecified atom stereocenters. The van der Waals surface area contributed by atoms with Gasteiger partial charge < -0.3 is 5.11 Å². The number of rotatable bonds is 4. The zero-order valence-corrected chi connectivity index (χ0v) is 13.2. The van der Waals surface area contributed by atoms with E-state index in [0.29, 0.717) is 10.7 Å². The van der Waals surface area contributed by atoms with E-state index in [1.807, 2.05) is 25.1 Å². The van der Waals surface area contributed by atoms with E-state index in [1.54, 1.807) is 17.8 Å². The molecule has 0 bridgehead atoms. The average molecular weight is 293 g/mol. The summed E-state index contributed by atoms with van der Waals surface area (Å²) in [7, 11) is 0. The van der Waals surface area contributed by atoms with E-state index >= 15 is 0 Å². The number of hydrogen-bond acceptors (Lipinski definition) is 2. The maximum absolute atomic E-state index is 11.0. The minimum Gasteiger partial charge on any atom is -0.379 e. The van der Waals surface area contributed by atoms with Gasteiger partial charge in [-0.1, -0.05) is 36.7 Å². The van der Waals surface area contributed by atoms with Crippen molar-refractivity contribution in [1.82, 2.24) is 9.78 Å². The van der Waals surface area contributed by atoms with Crippen LogP contribution in [-0.2, 0) is 12.1 Å². The van der Waals surface area contributed by atoms with Crippen LogP contribution in [0.3, 0.4) is 0 Å². The highest BCUT2D eigenvalue weighted by molar-refractivity contribution is 6.31. The minimum atomic E-state index is -1.15. The van der Waals surface area contributed by atoms with Gasteiger partial charge in [0.05, 0.1) is 16.9 Å². The van der Waals surface area contributed by atoms with Crippen LogP contribution in [0.25, 0.3) is 0 Å². The Kier molecular flexibility index (Phi) is 4.21. The Labute approximate surface area is 125 Å². The van der Waals surface area contributed by atoms with Gasteiger partial charge in [0, 0.05) is 6.54 Å². The molecule has 1 heterocycles. The van der Waals surface area contributed by atoms with Crippen LogP contribution >= 0.6 is 11.6 Å². The summed E-state index contributed by atoms with van der Waals surface area (Å²) in [5.41, 5.74) is 2.70. The third kappa shape index (κ3) is 2.60. The monoisotopic (exact) mass is 292 g/mol. The highest BCUT2D eigenvalue weighted by atomic mass is 35.5. The molecule has 108 valence electrons. The second-order valence-corrected chi connectivity index (χ2v) is 5.84. The lowest BCUT2D eigenvalue weighted by atomic mass is 9.90. The van der Waals surface area contributed by atoms with Crippen molar-refractivity contribution >= 4 is 11.6 Å². The SMILES string of the molecule is CCCn1ncc(Cl)c1C(C)(O)c1ccc(C)c(C)c1. The zero-order chi connectivity index (χ0) is 14.9. The number of benzene rings is 1. The number of nitrogens with zero attached hydrogens (tertiary/aromatic N) is 2. The third-order valence-corrected chi connectivity index (χ3v) is 4.04. The van der Waals surface area contributed by atoms with Gasteiger partial charge in [0.2, 0.25) is 0 Å². The molecule has 0 aliphatic carbocycles. The van der Waals surface area contributed by atoms with Gasteiger partial charge in [-0.2, -0.15) is 5.10 Å². The number of aliphatic hydroxyl groups is 1. The van der Waals surface area contributed by atoms with Crippen molar-refractivity contribution in [2.45, 2.75) is 46.3 Å². The summed E-state index contributed by atoms with van der Waals surface area (Å²) in [6, 6.07) is 5.98. The fourth-order valence-corrected chi connectivity index (χ4v) is 2.73. The van der Waals surface area contributed by atoms with E-state index in [1.165, 1.54) is 5.56 Å². The Hall–Kier alpha value is -1.32. The van der Waals surface area contributed by atoms with Gasteiger partial charge in [-0.05, 0) is 43.9 Å². The first kappa shape index (κ1) is 15.1. The highest BCUT2D eigenvalue weighted by Crippen LogP contribution is 2.34. The summed E-state index contributed by atoms with van der Waals surface area (Å²) in [5, 5.41) is 15.8. The van der Waals surface area contributed by atoms with Crippen molar-refractivity contribution in [3.8, 4) is 0 Å². The first-order valence-corrected chi connectivity index (χ1v) is 7.27. The van der Waals surface area contributed by atoms with Gasteiger partial charge in [0.1, 0.15) is 5.60 Å². The normalized spacial score (nSPS) is 14.3. The molecule has 1 N–H and O–H groups in total. The number of hydrogen-bond donors (Lipinski definition) is 1. The van der Waals surface area contributed by atoms with Crippen molar-refractivity contribution in [3.05, 3.63) is 51.8 Å². The molecule has 0 spiro atoms. The van der Waals surface area contributed by atoms with E-state index < -0.39 is 5.60 Å². The molecule has 1 atom stereocenters. The van der Waals surface area contributed by atoms with Crippen LogP contribution in [0.2, 0.25) is 5.02 Å². The molecule has 0 saturated carbocycles. The van der Waals surface area contributed by atoms with Crippen LogP contribution in [-0.4, -0.2) is 14.9 Å². The van der Waals surface area contributed by atoms with Gasteiger partial charge in [-0.15, -0.1) is 0 Å². The van der Waals surface area contributed by atoms with Crippen LogP contribution in [0, 0.1) is 13.8 Å². The second kappa shape index (κ2) is 5.58. The molecule has 4 heteroatoms. The van der Waals surface area contributed by atoms with Crippen LogP contribution < -0.4 is 0 Å². The van der Waals surface area contributed by atoms with Gasteiger partial charge >= 0.3 is 0 Å². The molecule has 0 fully saturated rings. The molecule has 2 aromatic rings. The van der Waals surface area contributed by atoms with Crippen molar-refractivity contribution in [2.24, 2.45) is 0 Å². The molecule has 1 aromatic carbocycles. The van der Waals surface area contributed by atoms with Crippen LogP contribution in [0.15, 0.2) is 24.4 Å². The van der Waals surface area contributed by atoms with E-state index in [9.17, 15) is 5.11 Å². The number of halogens is 1. The molecule has 3 nitrogen and oxygen atoms in total. The highest BCUT2D eigenvalue weighted by Gasteiger charge is 2.32. The molecule has 0 aliphatic heterocycles. The topological polar surface area (TPSA) is 38.0 Å². The molecule has 20 heavy (non-hydrogen) atoms. The molecule has 2 rings (SSSR count). The van der Waals surface area contributed by atoms with E-state index in [0.717, 1.165) is 24.1 Å². The standard InChI is InChI=1S/C16H21ClN2O/c1-5-8-19-15(14(17)10-18-19)16(4,20)13-7-6-11(2)12(3)9-13/h6-7,9-10,20H,5,8H2,1-4H3. The maximum Gasteiger partial charge on any atom is 0.130 e. The molecular weight excluding hydrogens is 272 g/mol. The predicted molar refractivity (Wildman–Crippen MR) is 82.1 cm³/mol. The van der Waals surface area contributed by atoms with Crippen LogP contribution in [0.5, 0.6) is 0 Å². The molecule has 0 radical (unpaired) electrons. The lowest BCUT2D eigenvalue weighted by molar-refractivity contribution is 0.0914. The summed E-state index contributed by atoms with van der Waals surface area (Å²) in [4.78, 5) is 0. The fourth-order valence-electron chi connectivity index (χ4n) is 2.41. The molecule has 0 saturated heterocycles. The quantitative estimate of drug-likeness (QED) is 0.930. The Morgan fingerprint density at radius 3 is 2.60 bits per heavy atom. The van der Waals surface area contributed by atoms with Gasteiger partial charge in [-0.3, -0.25) is 4.68 Å².